The van der Waals surface area contributed by atoms with E-state index < -0.39 is 0 Å². The van der Waals surface area contributed by atoms with Gasteiger partial charge in [-0.15, -0.1) is 11.8 Å². The van der Waals surface area contributed by atoms with Crippen molar-refractivity contribution < 1.29 is 0 Å². The highest BCUT2D eigenvalue weighted by atomic mass is 32.2. The molecule has 1 saturated heterocycles. The first-order valence-corrected chi connectivity index (χ1v) is 18.8. The molecule has 7 aromatic carbocycles. The molecule has 1 fully saturated rings. The number of rotatable bonds is 6. The number of hydrogen-bond acceptors (Lipinski definition) is 3. The standard InChI is InChI=1S/C47H37N3S/c1-3-14-35(15-4-1)49(36-16-5-2-6-17-36)38-26-27-44-42(31-38)40-18-7-9-20-43(40)50(44)37-24-22-32(23-25-37)33-12-11-13-34(30-33)39-28-29-48-47-46(39)41-19-8-10-21-45(41)51-47/h1-27,30-31,39,46-48H,28-29H2. The maximum atomic E-state index is 3.80. The summed E-state index contributed by atoms with van der Waals surface area (Å²) in [5.74, 6) is 1.01. The van der Waals surface area contributed by atoms with Crippen LogP contribution in [0.1, 0.15) is 29.4 Å². The van der Waals surface area contributed by atoms with E-state index >= 15 is 0 Å². The number of fused-ring (bicyclic) bond motifs is 6. The Morgan fingerprint density at radius 2 is 1.25 bits per heavy atom. The van der Waals surface area contributed by atoms with Crippen LogP contribution in [0, 0.1) is 0 Å². The van der Waals surface area contributed by atoms with Crippen LogP contribution in [0.15, 0.2) is 181 Å². The molecule has 3 heterocycles. The van der Waals surface area contributed by atoms with Crippen LogP contribution >= 0.6 is 11.8 Å². The molecule has 246 valence electrons. The van der Waals surface area contributed by atoms with Crippen LogP contribution in [-0.4, -0.2) is 16.5 Å². The van der Waals surface area contributed by atoms with Gasteiger partial charge in [-0.1, -0.05) is 109 Å². The second kappa shape index (κ2) is 12.6. The number of benzene rings is 7. The average Bonchev–Trinajstić information content (AvgIpc) is 3.75. The molecule has 3 unspecified atom stereocenters. The maximum absolute atomic E-state index is 3.80. The Balaban J connectivity index is 1.02. The lowest BCUT2D eigenvalue weighted by Crippen LogP contribution is -2.39. The molecule has 4 heteroatoms. The SMILES string of the molecule is c1ccc(N(c2ccccc2)c2ccc3c(c2)c2ccccc2n3-c2ccc(-c3cccc(C4CCNC5Sc6ccccc6C54)c3)cc2)cc1. The Morgan fingerprint density at radius 3 is 2.06 bits per heavy atom. The number of nitrogens with zero attached hydrogens (tertiary/aromatic N) is 2. The second-order valence-corrected chi connectivity index (χ2v) is 14.9. The first-order valence-electron chi connectivity index (χ1n) is 17.9. The zero-order valence-electron chi connectivity index (χ0n) is 28.2. The highest BCUT2D eigenvalue weighted by Gasteiger charge is 2.41. The molecule has 8 aromatic rings. The fourth-order valence-electron chi connectivity index (χ4n) is 8.50. The summed E-state index contributed by atoms with van der Waals surface area (Å²) < 4.78 is 2.41. The molecule has 0 aliphatic carbocycles. The van der Waals surface area contributed by atoms with E-state index in [-0.39, 0.29) is 0 Å². The third kappa shape index (κ3) is 5.26. The van der Waals surface area contributed by atoms with Crippen LogP contribution in [-0.2, 0) is 0 Å². The zero-order chi connectivity index (χ0) is 33.7. The Hall–Kier alpha value is -5.55. The van der Waals surface area contributed by atoms with Gasteiger partial charge >= 0.3 is 0 Å². The van der Waals surface area contributed by atoms with Gasteiger partial charge in [0, 0.05) is 44.3 Å². The van der Waals surface area contributed by atoms with Crippen molar-refractivity contribution >= 4 is 50.6 Å². The lowest BCUT2D eigenvalue weighted by molar-refractivity contribution is 0.385. The van der Waals surface area contributed by atoms with Gasteiger partial charge in [0.15, 0.2) is 0 Å². The van der Waals surface area contributed by atoms with Crippen molar-refractivity contribution in [3.8, 4) is 16.8 Å². The van der Waals surface area contributed by atoms with Gasteiger partial charge in [-0.3, -0.25) is 0 Å². The van der Waals surface area contributed by atoms with E-state index in [1.54, 1.807) is 0 Å². The van der Waals surface area contributed by atoms with Crippen LogP contribution in [0.5, 0.6) is 0 Å². The van der Waals surface area contributed by atoms with Crippen LogP contribution in [0.25, 0.3) is 38.6 Å². The summed E-state index contributed by atoms with van der Waals surface area (Å²) in [7, 11) is 0. The molecule has 1 aromatic heterocycles. The molecule has 3 nitrogen and oxygen atoms in total. The average molecular weight is 676 g/mol. The van der Waals surface area contributed by atoms with Crippen molar-refractivity contribution in [3.05, 3.63) is 187 Å². The molecule has 3 atom stereocenters. The van der Waals surface area contributed by atoms with Gasteiger partial charge < -0.3 is 14.8 Å². The molecule has 2 aliphatic rings. The summed E-state index contributed by atoms with van der Waals surface area (Å²) in [6, 6.07) is 64.4. The molecular weight excluding hydrogens is 639 g/mol. The lowest BCUT2D eigenvalue weighted by Gasteiger charge is -2.35. The minimum atomic E-state index is 0.450. The highest BCUT2D eigenvalue weighted by molar-refractivity contribution is 8.00. The molecule has 51 heavy (non-hydrogen) atoms. The second-order valence-electron chi connectivity index (χ2n) is 13.7. The Labute approximate surface area is 303 Å². The van der Waals surface area contributed by atoms with Gasteiger partial charge in [0.2, 0.25) is 0 Å². The topological polar surface area (TPSA) is 20.2 Å². The predicted molar refractivity (Wildman–Crippen MR) is 215 cm³/mol. The summed E-state index contributed by atoms with van der Waals surface area (Å²) >= 11 is 2.00. The van der Waals surface area contributed by atoms with E-state index in [4.69, 9.17) is 0 Å². The molecule has 2 aliphatic heterocycles. The molecule has 0 radical (unpaired) electrons. The summed E-state index contributed by atoms with van der Waals surface area (Å²) in [5, 5.41) is 6.74. The van der Waals surface area contributed by atoms with Crippen molar-refractivity contribution in [2.24, 2.45) is 0 Å². The monoisotopic (exact) mass is 675 g/mol. The van der Waals surface area contributed by atoms with E-state index in [1.807, 2.05) is 11.8 Å². The maximum Gasteiger partial charge on any atom is 0.0655 e. The van der Waals surface area contributed by atoms with Gasteiger partial charge in [0.1, 0.15) is 0 Å². The molecule has 1 N–H and O–H groups in total. The molecule has 0 amide bonds. The van der Waals surface area contributed by atoms with Gasteiger partial charge in [0.05, 0.1) is 16.4 Å². The minimum Gasteiger partial charge on any atom is -0.310 e. The normalized spacial score (nSPS) is 18.1. The molecule has 0 bridgehead atoms. The third-order valence-electron chi connectivity index (χ3n) is 10.8. The van der Waals surface area contributed by atoms with Crippen LogP contribution in [0.2, 0.25) is 0 Å². The van der Waals surface area contributed by atoms with E-state index in [2.05, 4.69) is 191 Å². The summed E-state index contributed by atoms with van der Waals surface area (Å²) in [4.78, 5) is 3.77. The minimum absolute atomic E-state index is 0.450. The van der Waals surface area contributed by atoms with Crippen molar-refractivity contribution in [3.63, 3.8) is 0 Å². The number of nitrogens with one attached hydrogen (secondary N) is 1. The lowest BCUT2D eigenvalue weighted by atomic mass is 9.77. The van der Waals surface area contributed by atoms with Gasteiger partial charge in [-0.25, -0.2) is 0 Å². The Bertz CT molecular complexity index is 2460. The van der Waals surface area contributed by atoms with Gasteiger partial charge in [-0.2, -0.15) is 0 Å². The number of hydrogen-bond donors (Lipinski definition) is 1. The van der Waals surface area contributed by atoms with Crippen molar-refractivity contribution in [1.82, 2.24) is 9.88 Å². The number of aromatic nitrogens is 1. The van der Waals surface area contributed by atoms with Gasteiger partial charge in [0.25, 0.3) is 0 Å². The van der Waals surface area contributed by atoms with E-state index in [0.717, 1.165) is 35.7 Å². The van der Waals surface area contributed by atoms with E-state index in [1.165, 1.54) is 49.0 Å². The van der Waals surface area contributed by atoms with E-state index in [9.17, 15) is 0 Å². The predicted octanol–water partition coefficient (Wildman–Crippen LogP) is 12.2. The largest absolute Gasteiger partial charge is 0.310 e. The molecule has 0 spiro atoms. The van der Waals surface area contributed by atoms with Crippen molar-refractivity contribution in [2.75, 3.05) is 11.4 Å². The third-order valence-corrected chi connectivity index (χ3v) is 12.1. The first-order chi connectivity index (χ1) is 25.3. The summed E-state index contributed by atoms with van der Waals surface area (Å²) in [6.07, 6.45) is 1.16. The smallest absolute Gasteiger partial charge is 0.0655 e. The van der Waals surface area contributed by atoms with Crippen LogP contribution in [0.4, 0.5) is 17.1 Å². The number of piperidine rings is 1. The van der Waals surface area contributed by atoms with Crippen LogP contribution in [0.3, 0.4) is 0 Å². The van der Waals surface area contributed by atoms with E-state index in [0.29, 0.717) is 17.2 Å². The molecule has 10 rings (SSSR count). The van der Waals surface area contributed by atoms with Crippen molar-refractivity contribution in [1.29, 1.82) is 0 Å². The summed E-state index contributed by atoms with van der Waals surface area (Å²) in [5.41, 5.74) is 12.5. The Kier molecular flexibility index (Phi) is 7.51. The summed E-state index contributed by atoms with van der Waals surface area (Å²) in [6.45, 7) is 1.06. The molecular formula is C47H37N3S. The van der Waals surface area contributed by atoms with Crippen LogP contribution < -0.4 is 10.2 Å². The first kappa shape index (κ1) is 30.3. The highest BCUT2D eigenvalue weighted by Crippen LogP contribution is 2.53. The zero-order valence-corrected chi connectivity index (χ0v) is 29.0. The fraction of sp³-hybridized carbons (Fsp3) is 0.106. The fourth-order valence-corrected chi connectivity index (χ4v) is 9.95. The Morgan fingerprint density at radius 1 is 0.549 bits per heavy atom. The quantitative estimate of drug-likeness (QED) is 0.189. The van der Waals surface area contributed by atoms with Gasteiger partial charge in [-0.05, 0) is 108 Å². The van der Waals surface area contributed by atoms with Crippen molar-refractivity contribution in [2.45, 2.75) is 28.5 Å². The number of thioether (sulfide) groups is 1. The molecule has 0 saturated carbocycles. The number of para-hydroxylation sites is 3. The number of anilines is 3.